The van der Waals surface area contributed by atoms with Crippen molar-refractivity contribution in [3.63, 3.8) is 0 Å². The van der Waals surface area contributed by atoms with Crippen LogP contribution >= 0.6 is 11.3 Å². The van der Waals surface area contributed by atoms with Crippen LogP contribution in [0.15, 0.2) is 211 Å². The van der Waals surface area contributed by atoms with Gasteiger partial charge in [-0.05, 0) is 101 Å². The summed E-state index contributed by atoms with van der Waals surface area (Å²) in [5, 5.41) is 7.17. The number of anilines is 3. The summed E-state index contributed by atoms with van der Waals surface area (Å²) in [4.78, 5) is 2.38. The fraction of sp³-hybridized carbons (Fsp3) is 0. The second-order valence-electron chi connectivity index (χ2n) is 14.9. The summed E-state index contributed by atoms with van der Waals surface area (Å²) in [6.45, 7) is 0. The first-order valence-electron chi connectivity index (χ1n) is 19.7. The predicted octanol–water partition coefficient (Wildman–Crippen LogP) is 15.9. The number of thiophene rings is 1. The maximum atomic E-state index is 6.88. The SMILES string of the molecule is c1ccc(-c2ccc(N(c3ccc4sc5ccccc5c4c3)c3cc(-c4ccc5c6ccccc6n(-c6ccccc6)c5c4)cc4c3oc3ccccc34)cc2)cc1. The number of hydrogen-bond acceptors (Lipinski definition) is 3. The first-order valence-corrected chi connectivity index (χ1v) is 20.5. The molecule has 0 spiro atoms. The van der Waals surface area contributed by atoms with E-state index in [1.54, 1.807) is 0 Å². The quantitative estimate of drug-likeness (QED) is 0.168. The van der Waals surface area contributed by atoms with Crippen molar-refractivity contribution in [3.05, 3.63) is 206 Å². The smallest absolute Gasteiger partial charge is 0.159 e. The normalized spacial score (nSPS) is 11.8. The standard InChI is InChI=1S/C54H34N2OS/c1-3-13-35(14-4-1)36-23-26-40(27-24-36)55(41-28-30-53-46(34-41)45-19-9-12-22-52(45)58-53)50-33-38(31-47-44-18-8-11-21-51(44)57-54(47)50)37-25-29-43-42-17-7-10-20-48(42)56(49(43)32-37)39-15-5-2-6-16-39/h1-34H. The van der Waals surface area contributed by atoms with Gasteiger partial charge in [-0.3, -0.25) is 0 Å². The molecule has 0 radical (unpaired) electrons. The van der Waals surface area contributed by atoms with Crippen molar-refractivity contribution in [2.45, 2.75) is 0 Å². The Morgan fingerprint density at radius 2 is 1.02 bits per heavy atom. The summed E-state index contributed by atoms with van der Waals surface area (Å²) in [6.07, 6.45) is 0. The van der Waals surface area contributed by atoms with Gasteiger partial charge in [0.05, 0.1) is 16.7 Å². The summed E-state index contributed by atoms with van der Waals surface area (Å²) in [7, 11) is 0. The average Bonchev–Trinajstić information content (AvgIpc) is 3.97. The van der Waals surface area contributed by atoms with E-state index in [0.717, 1.165) is 55.8 Å². The second kappa shape index (κ2) is 13.1. The van der Waals surface area contributed by atoms with Gasteiger partial charge in [-0.25, -0.2) is 0 Å². The van der Waals surface area contributed by atoms with Crippen LogP contribution in [0.4, 0.5) is 17.1 Å². The van der Waals surface area contributed by atoms with E-state index in [4.69, 9.17) is 4.42 Å². The molecule has 0 atom stereocenters. The van der Waals surface area contributed by atoms with E-state index < -0.39 is 0 Å². The predicted molar refractivity (Wildman–Crippen MR) is 247 cm³/mol. The Bertz CT molecular complexity index is 3500. The highest BCUT2D eigenvalue weighted by Crippen LogP contribution is 2.47. The summed E-state index contributed by atoms with van der Waals surface area (Å²) in [6, 6.07) is 74.5. The van der Waals surface area contributed by atoms with E-state index in [1.807, 2.05) is 11.3 Å². The first kappa shape index (κ1) is 32.8. The summed E-state index contributed by atoms with van der Waals surface area (Å²) in [5.74, 6) is 0. The van der Waals surface area contributed by atoms with Gasteiger partial charge in [0.1, 0.15) is 5.58 Å². The monoisotopic (exact) mass is 758 g/mol. The van der Waals surface area contributed by atoms with Gasteiger partial charge in [-0.2, -0.15) is 0 Å². The fourth-order valence-electron chi connectivity index (χ4n) is 8.86. The lowest BCUT2D eigenvalue weighted by atomic mass is 9.99. The lowest BCUT2D eigenvalue weighted by Crippen LogP contribution is -2.10. The number of para-hydroxylation sites is 3. The van der Waals surface area contributed by atoms with E-state index in [9.17, 15) is 0 Å². The lowest BCUT2D eigenvalue weighted by Gasteiger charge is -2.26. The number of furan rings is 1. The number of rotatable bonds is 6. The molecule has 0 bridgehead atoms. The van der Waals surface area contributed by atoms with Crippen LogP contribution in [-0.2, 0) is 0 Å². The maximum absolute atomic E-state index is 6.88. The largest absolute Gasteiger partial charge is 0.454 e. The highest BCUT2D eigenvalue weighted by molar-refractivity contribution is 7.25. The molecule has 0 aliphatic rings. The second-order valence-corrected chi connectivity index (χ2v) is 16.0. The van der Waals surface area contributed by atoms with Gasteiger partial charge in [0.25, 0.3) is 0 Å². The number of benzene rings is 9. The molecule has 9 aromatic carbocycles. The Kier molecular flexibility index (Phi) is 7.40. The van der Waals surface area contributed by atoms with Gasteiger partial charge in [0.15, 0.2) is 5.58 Å². The Morgan fingerprint density at radius 3 is 1.86 bits per heavy atom. The van der Waals surface area contributed by atoms with Crippen LogP contribution in [0.1, 0.15) is 0 Å². The molecular weight excluding hydrogens is 725 g/mol. The molecule has 3 nitrogen and oxygen atoms in total. The van der Waals surface area contributed by atoms with Crippen LogP contribution in [0, 0.1) is 0 Å². The molecule has 3 heterocycles. The number of aromatic nitrogens is 1. The molecule has 0 amide bonds. The molecule has 0 fully saturated rings. The molecule has 0 aliphatic carbocycles. The van der Waals surface area contributed by atoms with E-state index in [1.165, 1.54) is 53.1 Å². The van der Waals surface area contributed by atoms with Crippen molar-refractivity contribution >= 4 is 92.3 Å². The van der Waals surface area contributed by atoms with Gasteiger partial charge < -0.3 is 13.9 Å². The minimum Gasteiger partial charge on any atom is -0.454 e. The van der Waals surface area contributed by atoms with E-state index in [2.05, 4.69) is 216 Å². The minimum atomic E-state index is 0.854. The van der Waals surface area contributed by atoms with Gasteiger partial charge in [0.2, 0.25) is 0 Å². The Labute approximate surface area is 338 Å². The average molecular weight is 759 g/mol. The van der Waals surface area contributed by atoms with Gasteiger partial charge in [0, 0.05) is 58.8 Å². The number of nitrogens with zero attached hydrogens (tertiary/aromatic N) is 2. The fourth-order valence-corrected chi connectivity index (χ4v) is 9.95. The molecule has 0 unspecified atom stereocenters. The molecule has 12 aromatic rings. The molecule has 58 heavy (non-hydrogen) atoms. The lowest BCUT2D eigenvalue weighted by molar-refractivity contribution is 0.669. The Morgan fingerprint density at radius 1 is 0.379 bits per heavy atom. The van der Waals surface area contributed by atoms with E-state index in [0.29, 0.717) is 0 Å². The molecule has 272 valence electrons. The minimum absolute atomic E-state index is 0.854. The van der Waals surface area contributed by atoms with Crippen LogP contribution in [0.5, 0.6) is 0 Å². The molecule has 0 saturated carbocycles. The van der Waals surface area contributed by atoms with Gasteiger partial charge in [-0.15, -0.1) is 11.3 Å². The van der Waals surface area contributed by atoms with Gasteiger partial charge in [-0.1, -0.05) is 127 Å². The van der Waals surface area contributed by atoms with Crippen LogP contribution in [0.2, 0.25) is 0 Å². The van der Waals surface area contributed by atoms with Crippen molar-refractivity contribution in [2.24, 2.45) is 0 Å². The highest BCUT2D eigenvalue weighted by Gasteiger charge is 2.23. The van der Waals surface area contributed by atoms with E-state index in [-0.39, 0.29) is 0 Å². The molecule has 12 rings (SSSR count). The topological polar surface area (TPSA) is 21.3 Å². The van der Waals surface area contributed by atoms with Crippen LogP contribution in [-0.4, -0.2) is 4.57 Å². The Balaban J connectivity index is 1.13. The third-order valence-corrected chi connectivity index (χ3v) is 12.7. The molecule has 3 aromatic heterocycles. The zero-order valence-electron chi connectivity index (χ0n) is 31.3. The third-order valence-electron chi connectivity index (χ3n) is 11.6. The van der Waals surface area contributed by atoms with Gasteiger partial charge >= 0.3 is 0 Å². The Hall–Kier alpha value is -7.40. The van der Waals surface area contributed by atoms with Crippen molar-refractivity contribution in [3.8, 4) is 27.9 Å². The zero-order chi connectivity index (χ0) is 38.2. The third kappa shape index (κ3) is 5.19. The number of hydrogen-bond donors (Lipinski definition) is 0. The van der Waals surface area contributed by atoms with Crippen LogP contribution < -0.4 is 4.90 Å². The van der Waals surface area contributed by atoms with Crippen LogP contribution in [0.25, 0.3) is 91.9 Å². The zero-order valence-corrected chi connectivity index (χ0v) is 32.2. The summed E-state index contributed by atoms with van der Waals surface area (Å²) in [5.41, 5.74) is 13.0. The van der Waals surface area contributed by atoms with E-state index >= 15 is 0 Å². The van der Waals surface area contributed by atoms with Crippen molar-refractivity contribution < 1.29 is 4.42 Å². The first-order chi connectivity index (χ1) is 28.7. The molecule has 0 aliphatic heterocycles. The molecular formula is C54H34N2OS. The molecule has 4 heteroatoms. The highest BCUT2D eigenvalue weighted by atomic mass is 32.1. The summed E-state index contributed by atoms with van der Waals surface area (Å²) < 4.78 is 11.8. The van der Waals surface area contributed by atoms with Crippen molar-refractivity contribution in [1.29, 1.82) is 0 Å². The summed E-state index contributed by atoms with van der Waals surface area (Å²) >= 11 is 1.84. The maximum Gasteiger partial charge on any atom is 0.159 e. The molecule has 0 N–H and O–H groups in total. The van der Waals surface area contributed by atoms with Crippen molar-refractivity contribution in [1.82, 2.24) is 4.57 Å². The van der Waals surface area contributed by atoms with Crippen LogP contribution in [0.3, 0.4) is 0 Å². The molecule has 0 saturated heterocycles. The number of fused-ring (bicyclic) bond motifs is 9. The van der Waals surface area contributed by atoms with Crippen molar-refractivity contribution in [2.75, 3.05) is 4.90 Å².